The fourth-order valence-electron chi connectivity index (χ4n) is 1.60. The molecule has 5 heteroatoms. The lowest BCUT2D eigenvalue weighted by Crippen LogP contribution is -2.10. The molecule has 0 saturated carbocycles. The average molecular weight is 282 g/mol. The van der Waals surface area contributed by atoms with Gasteiger partial charge in [-0.15, -0.1) is 0 Å². The number of benzene rings is 2. The number of carbonyl (C=O) groups is 1. The summed E-state index contributed by atoms with van der Waals surface area (Å²) in [7, 11) is 0. The third-order valence-electron chi connectivity index (χ3n) is 2.67. The minimum Gasteiger partial charge on any atom is -0.478 e. The molecule has 4 nitrogen and oxygen atoms in total. The van der Waals surface area contributed by atoms with Crippen LogP contribution in [0.25, 0.3) is 0 Å². The zero-order valence-electron chi connectivity index (χ0n) is 10.3. The second kappa shape index (κ2) is 5.95. The number of thiocarbonyl (C=S) groups is 1. The summed E-state index contributed by atoms with van der Waals surface area (Å²) in [6.07, 6.45) is 0. The molecule has 0 atom stereocenters. The Hall–Kier alpha value is -2.71. The zero-order chi connectivity index (χ0) is 14.5. The first-order chi connectivity index (χ1) is 9.60. The molecular weight excluding hydrogens is 272 g/mol. The smallest absolute Gasteiger partial charge is 0.335 e. The molecular formula is C15H10N2O2S. The van der Waals surface area contributed by atoms with Crippen LogP contribution >= 0.6 is 12.2 Å². The minimum absolute atomic E-state index is 0.222. The van der Waals surface area contributed by atoms with Crippen molar-refractivity contribution < 1.29 is 9.90 Å². The second-order valence-electron chi connectivity index (χ2n) is 4.03. The number of rotatable bonds is 3. The Labute approximate surface area is 121 Å². The van der Waals surface area contributed by atoms with Gasteiger partial charge in [0.05, 0.1) is 17.2 Å². The van der Waals surface area contributed by atoms with Gasteiger partial charge in [0.1, 0.15) is 4.99 Å². The van der Waals surface area contributed by atoms with E-state index in [1.807, 2.05) is 6.07 Å². The molecule has 0 aliphatic rings. The first kappa shape index (κ1) is 13.7. The fraction of sp³-hybridized carbons (Fsp3) is 0. The van der Waals surface area contributed by atoms with E-state index in [1.165, 1.54) is 12.1 Å². The summed E-state index contributed by atoms with van der Waals surface area (Å²) in [5.41, 5.74) is 2.30. The van der Waals surface area contributed by atoms with Gasteiger partial charge in [-0.1, -0.05) is 24.4 Å². The highest BCUT2D eigenvalue weighted by Gasteiger charge is 2.04. The summed E-state index contributed by atoms with van der Waals surface area (Å²) in [6, 6.07) is 15.3. The Balaban J connectivity index is 2.10. The van der Waals surface area contributed by atoms with E-state index in [-0.39, 0.29) is 5.56 Å². The van der Waals surface area contributed by atoms with Gasteiger partial charge in [0.25, 0.3) is 0 Å². The highest BCUT2D eigenvalue weighted by Crippen LogP contribution is 2.12. The van der Waals surface area contributed by atoms with E-state index in [0.717, 1.165) is 5.56 Å². The lowest BCUT2D eigenvalue weighted by atomic mass is 10.1. The predicted octanol–water partition coefficient (Wildman–Crippen LogP) is 3.04. The summed E-state index contributed by atoms with van der Waals surface area (Å²) in [4.78, 5) is 11.3. The number of nitrogens with one attached hydrogen (secondary N) is 1. The molecule has 98 valence electrons. The van der Waals surface area contributed by atoms with E-state index >= 15 is 0 Å². The lowest BCUT2D eigenvalue weighted by Gasteiger charge is -2.08. The molecule has 0 saturated heterocycles. The number of carboxylic acids is 1. The van der Waals surface area contributed by atoms with Gasteiger partial charge in [-0.3, -0.25) is 0 Å². The van der Waals surface area contributed by atoms with Crippen molar-refractivity contribution >= 4 is 28.9 Å². The molecule has 0 radical (unpaired) electrons. The Bertz CT molecular complexity index is 685. The zero-order valence-corrected chi connectivity index (χ0v) is 11.1. The molecule has 0 aliphatic carbocycles. The molecule has 0 unspecified atom stereocenters. The molecule has 2 rings (SSSR count). The number of hydrogen-bond acceptors (Lipinski definition) is 3. The molecule has 0 fully saturated rings. The maximum Gasteiger partial charge on any atom is 0.335 e. The van der Waals surface area contributed by atoms with Gasteiger partial charge >= 0.3 is 5.97 Å². The number of carboxylic acid groups (broad SMARTS) is 1. The standard InChI is InChI=1S/C15H10N2O2S/c16-9-10-1-3-11(4-2-10)14(20)17-13-7-5-12(6-8-13)15(18)19/h1-8H,(H,17,20)(H,18,19). The average Bonchev–Trinajstić information content (AvgIpc) is 2.48. The van der Waals surface area contributed by atoms with Crippen LogP contribution in [0, 0.1) is 11.3 Å². The van der Waals surface area contributed by atoms with Crippen LogP contribution in [0.4, 0.5) is 5.69 Å². The molecule has 2 N–H and O–H groups in total. The molecule has 0 spiro atoms. The van der Waals surface area contributed by atoms with Crippen molar-refractivity contribution in [2.24, 2.45) is 0 Å². The topological polar surface area (TPSA) is 73.1 Å². The van der Waals surface area contributed by atoms with E-state index < -0.39 is 5.97 Å². The van der Waals surface area contributed by atoms with Crippen molar-refractivity contribution in [2.45, 2.75) is 0 Å². The van der Waals surface area contributed by atoms with E-state index in [2.05, 4.69) is 5.32 Å². The molecule has 20 heavy (non-hydrogen) atoms. The first-order valence-electron chi connectivity index (χ1n) is 5.75. The van der Waals surface area contributed by atoms with Crippen LogP contribution in [0.2, 0.25) is 0 Å². The number of aromatic carboxylic acids is 1. The van der Waals surface area contributed by atoms with Crippen LogP contribution in [-0.2, 0) is 0 Å². The van der Waals surface area contributed by atoms with Gasteiger partial charge in [-0.2, -0.15) is 5.26 Å². The molecule has 0 aliphatic heterocycles. The van der Waals surface area contributed by atoms with Crippen LogP contribution in [0.15, 0.2) is 48.5 Å². The highest BCUT2D eigenvalue weighted by atomic mass is 32.1. The summed E-state index contributed by atoms with van der Waals surface area (Å²) in [5, 5.41) is 20.6. The number of nitrogens with zero attached hydrogens (tertiary/aromatic N) is 1. The van der Waals surface area contributed by atoms with Crippen molar-refractivity contribution in [1.82, 2.24) is 0 Å². The fourth-order valence-corrected chi connectivity index (χ4v) is 1.85. The molecule has 0 aromatic heterocycles. The SMILES string of the molecule is N#Cc1ccc(C(=S)Nc2ccc(C(=O)O)cc2)cc1. The van der Waals surface area contributed by atoms with E-state index in [0.29, 0.717) is 16.2 Å². The summed E-state index contributed by atoms with van der Waals surface area (Å²) >= 11 is 5.26. The van der Waals surface area contributed by atoms with Crippen molar-refractivity contribution in [1.29, 1.82) is 5.26 Å². The minimum atomic E-state index is -0.966. The molecule has 2 aromatic carbocycles. The van der Waals surface area contributed by atoms with Crippen molar-refractivity contribution in [3.05, 3.63) is 65.2 Å². The maximum atomic E-state index is 10.7. The van der Waals surface area contributed by atoms with Crippen molar-refractivity contribution in [3.63, 3.8) is 0 Å². The predicted molar refractivity (Wildman–Crippen MR) is 79.9 cm³/mol. The molecule has 0 amide bonds. The largest absolute Gasteiger partial charge is 0.478 e. The van der Waals surface area contributed by atoms with E-state index in [1.54, 1.807) is 36.4 Å². The van der Waals surface area contributed by atoms with Crippen LogP contribution in [-0.4, -0.2) is 16.1 Å². The second-order valence-corrected chi connectivity index (χ2v) is 4.43. The maximum absolute atomic E-state index is 10.7. The van der Waals surface area contributed by atoms with Crippen LogP contribution < -0.4 is 5.32 Å². The van der Waals surface area contributed by atoms with Crippen LogP contribution in [0.3, 0.4) is 0 Å². The number of anilines is 1. The number of hydrogen-bond donors (Lipinski definition) is 2. The van der Waals surface area contributed by atoms with Crippen LogP contribution in [0.1, 0.15) is 21.5 Å². The molecule has 0 heterocycles. The van der Waals surface area contributed by atoms with Gasteiger partial charge in [-0.25, -0.2) is 4.79 Å². The lowest BCUT2D eigenvalue weighted by molar-refractivity contribution is 0.0697. The third kappa shape index (κ3) is 3.19. The molecule has 0 bridgehead atoms. The Morgan fingerprint density at radius 1 is 1.05 bits per heavy atom. The van der Waals surface area contributed by atoms with Gasteiger partial charge < -0.3 is 10.4 Å². The van der Waals surface area contributed by atoms with Crippen LogP contribution in [0.5, 0.6) is 0 Å². The summed E-state index contributed by atoms with van der Waals surface area (Å²) < 4.78 is 0. The summed E-state index contributed by atoms with van der Waals surface area (Å²) in [6.45, 7) is 0. The Morgan fingerprint density at radius 3 is 2.10 bits per heavy atom. The third-order valence-corrected chi connectivity index (χ3v) is 3.00. The Morgan fingerprint density at radius 2 is 1.60 bits per heavy atom. The number of nitriles is 1. The van der Waals surface area contributed by atoms with Gasteiger partial charge in [0.2, 0.25) is 0 Å². The Kier molecular flexibility index (Phi) is 4.08. The van der Waals surface area contributed by atoms with Crippen molar-refractivity contribution in [3.8, 4) is 6.07 Å². The summed E-state index contributed by atoms with van der Waals surface area (Å²) in [5.74, 6) is -0.966. The van der Waals surface area contributed by atoms with Gasteiger partial charge in [0, 0.05) is 11.3 Å². The quantitative estimate of drug-likeness (QED) is 0.846. The first-order valence-corrected chi connectivity index (χ1v) is 6.16. The highest BCUT2D eigenvalue weighted by molar-refractivity contribution is 7.81. The van der Waals surface area contributed by atoms with Crippen molar-refractivity contribution in [2.75, 3.05) is 5.32 Å². The molecule has 2 aromatic rings. The monoisotopic (exact) mass is 282 g/mol. The van der Waals surface area contributed by atoms with Gasteiger partial charge in [-0.05, 0) is 36.4 Å². The van der Waals surface area contributed by atoms with E-state index in [9.17, 15) is 4.79 Å². The van der Waals surface area contributed by atoms with Gasteiger partial charge in [0.15, 0.2) is 0 Å². The normalized spacial score (nSPS) is 9.55. The van der Waals surface area contributed by atoms with E-state index in [4.69, 9.17) is 22.6 Å².